The van der Waals surface area contributed by atoms with Gasteiger partial charge in [-0.15, -0.1) is 0 Å². The average Bonchev–Trinajstić information content (AvgIpc) is 2.59. The van der Waals surface area contributed by atoms with Gasteiger partial charge in [-0.05, 0) is 38.5 Å². The number of hydrogen-bond donors (Lipinski definition) is 2. The minimum absolute atomic E-state index is 0.0261. The van der Waals surface area contributed by atoms with Crippen molar-refractivity contribution in [3.8, 4) is 0 Å². The van der Waals surface area contributed by atoms with Crippen molar-refractivity contribution in [1.82, 2.24) is 9.97 Å². The predicted molar refractivity (Wildman–Crippen MR) is 107 cm³/mol. The summed E-state index contributed by atoms with van der Waals surface area (Å²) in [6, 6.07) is 4.10. The molecule has 7 nitrogen and oxygen atoms in total. The highest BCUT2D eigenvalue weighted by Crippen LogP contribution is 2.30. The van der Waals surface area contributed by atoms with E-state index < -0.39 is 11.8 Å². The van der Waals surface area contributed by atoms with Gasteiger partial charge in [0, 0.05) is 25.9 Å². The lowest BCUT2D eigenvalue weighted by atomic mass is 10.1. The Morgan fingerprint density at radius 1 is 1.00 bits per heavy atom. The molecule has 0 amide bonds. The Labute approximate surface area is 173 Å². The number of nitrogens with zero attached hydrogens (tertiary/aromatic N) is 2. The van der Waals surface area contributed by atoms with E-state index in [9.17, 15) is 4.39 Å². The van der Waals surface area contributed by atoms with Crippen molar-refractivity contribution in [2.75, 3.05) is 30.9 Å². The summed E-state index contributed by atoms with van der Waals surface area (Å²) >= 11 is 11.7. The first-order valence-electron chi connectivity index (χ1n) is 8.79. The summed E-state index contributed by atoms with van der Waals surface area (Å²) in [4.78, 5) is 7.95. The molecule has 0 saturated heterocycles. The summed E-state index contributed by atoms with van der Waals surface area (Å²) < 4.78 is 31.7. The zero-order valence-corrected chi connectivity index (χ0v) is 17.4. The van der Waals surface area contributed by atoms with Crippen LogP contribution in [0.1, 0.15) is 26.3 Å². The zero-order chi connectivity index (χ0) is 20.7. The molecule has 0 fully saturated rings. The average molecular weight is 433 g/mol. The van der Waals surface area contributed by atoms with Crippen LogP contribution in [0.15, 0.2) is 18.2 Å². The Morgan fingerprint density at radius 3 is 2.04 bits per heavy atom. The first-order valence-corrected chi connectivity index (χ1v) is 9.54. The number of halogens is 3. The largest absolute Gasteiger partial charge is 0.397 e. The number of anilines is 3. The van der Waals surface area contributed by atoms with Gasteiger partial charge in [-0.25, -0.2) is 14.4 Å². The second kappa shape index (κ2) is 10.2. The first kappa shape index (κ1) is 22.6. The highest BCUT2D eigenvalue weighted by atomic mass is 35.5. The maximum atomic E-state index is 14.8. The maximum absolute atomic E-state index is 14.8. The van der Waals surface area contributed by atoms with Gasteiger partial charge in [0.25, 0.3) is 5.97 Å². The van der Waals surface area contributed by atoms with Gasteiger partial charge in [0.05, 0.1) is 17.8 Å². The number of aromatic nitrogens is 2. The summed E-state index contributed by atoms with van der Waals surface area (Å²) in [5, 5.41) is 3.10. The van der Waals surface area contributed by atoms with Gasteiger partial charge in [-0.2, -0.15) is 0 Å². The smallest absolute Gasteiger partial charge is 0.287 e. The van der Waals surface area contributed by atoms with Gasteiger partial charge in [0.15, 0.2) is 0 Å². The van der Waals surface area contributed by atoms with Crippen LogP contribution in [-0.4, -0.2) is 35.8 Å². The molecule has 0 aliphatic carbocycles. The van der Waals surface area contributed by atoms with E-state index >= 15 is 0 Å². The molecule has 0 saturated carbocycles. The van der Waals surface area contributed by atoms with Crippen molar-refractivity contribution in [3.63, 3.8) is 0 Å². The second-order valence-corrected chi connectivity index (χ2v) is 6.43. The SMILES string of the molecule is CCOC(Cc1cc(N)c(Nc2nc(Cl)cc(Cl)n2)cc1F)(OCC)OCC. The van der Waals surface area contributed by atoms with Crippen molar-refractivity contribution >= 4 is 40.5 Å². The lowest BCUT2D eigenvalue weighted by molar-refractivity contribution is -0.376. The van der Waals surface area contributed by atoms with Gasteiger partial charge in [0.2, 0.25) is 5.95 Å². The van der Waals surface area contributed by atoms with Crippen LogP contribution in [0.3, 0.4) is 0 Å². The van der Waals surface area contributed by atoms with E-state index in [-0.39, 0.29) is 39.6 Å². The summed E-state index contributed by atoms with van der Waals surface area (Å²) in [6.45, 7) is 6.43. The molecule has 10 heteroatoms. The van der Waals surface area contributed by atoms with Crippen molar-refractivity contribution in [2.45, 2.75) is 33.2 Å². The van der Waals surface area contributed by atoms with Crippen molar-refractivity contribution in [1.29, 1.82) is 0 Å². The van der Waals surface area contributed by atoms with Gasteiger partial charge in [-0.3, -0.25) is 0 Å². The van der Waals surface area contributed by atoms with Crippen molar-refractivity contribution < 1.29 is 18.6 Å². The zero-order valence-electron chi connectivity index (χ0n) is 15.9. The molecule has 2 aromatic rings. The third-order valence-corrected chi connectivity index (χ3v) is 4.02. The Bertz CT molecular complexity index is 773. The number of nitrogen functional groups attached to an aromatic ring is 1. The number of benzene rings is 1. The van der Waals surface area contributed by atoms with Crippen molar-refractivity contribution in [2.24, 2.45) is 0 Å². The molecule has 1 aromatic carbocycles. The lowest BCUT2D eigenvalue weighted by Crippen LogP contribution is -2.42. The molecule has 0 bridgehead atoms. The Balaban J connectivity index is 2.31. The predicted octanol–water partition coefficient (Wildman–Crippen LogP) is 4.55. The number of ether oxygens (including phenoxy) is 3. The molecule has 0 aliphatic rings. The molecule has 1 heterocycles. The van der Waals surface area contributed by atoms with Crippen LogP contribution < -0.4 is 11.1 Å². The summed E-state index contributed by atoms with van der Waals surface area (Å²) in [5.41, 5.74) is 6.91. The third kappa shape index (κ3) is 5.89. The minimum atomic E-state index is -1.38. The van der Waals surface area contributed by atoms with Crippen LogP contribution in [0.5, 0.6) is 0 Å². The molecular formula is C18H23Cl2FN4O3. The molecule has 3 N–H and O–H groups in total. The van der Waals surface area contributed by atoms with Gasteiger partial charge >= 0.3 is 0 Å². The monoisotopic (exact) mass is 432 g/mol. The van der Waals surface area contributed by atoms with Crippen LogP contribution in [-0.2, 0) is 20.6 Å². The normalized spacial score (nSPS) is 11.6. The van der Waals surface area contributed by atoms with Crippen LogP contribution in [0.2, 0.25) is 10.3 Å². The van der Waals surface area contributed by atoms with Gasteiger partial charge in [0.1, 0.15) is 16.1 Å². The van der Waals surface area contributed by atoms with E-state index in [1.807, 2.05) is 0 Å². The molecule has 1 aromatic heterocycles. The molecule has 0 spiro atoms. The fourth-order valence-corrected chi connectivity index (χ4v) is 3.04. The van der Waals surface area contributed by atoms with E-state index in [4.69, 9.17) is 43.1 Å². The molecule has 2 rings (SSSR count). The Kier molecular flexibility index (Phi) is 8.21. The van der Waals surface area contributed by atoms with Crippen LogP contribution in [0, 0.1) is 5.82 Å². The highest BCUT2D eigenvalue weighted by Gasteiger charge is 2.34. The highest BCUT2D eigenvalue weighted by molar-refractivity contribution is 6.33. The number of nitrogens with one attached hydrogen (secondary N) is 1. The van der Waals surface area contributed by atoms with Gasteiger partial charge in [-0.1, -0.05) is 23.2 Å². The van der Waals surface area contributed by atoms with Crippen LogP contribution in [0.25, 0.3) is 0 Å². The molecule has 0 radical (unpaired) electrons. The van der Waals surface area contributed by atoms with E-state index in [1.165, 1.54) is 18.2 Å². The first-order chi connectivity index (χ1) is 13.3. The Hall–Kier alpha value is -1.71. The second-order valence-electron chi connectivity index (χ2n) is 5.65. The van der Waals surface area contributed by atoms with E-state index in [1.54, 1.807) is 20.8 Å². The minimum Gasteiger partial charge on any atom is -0.397 e. The third-order valence-electron chi connectivity index (χ3n) is 3.63. The van der Waals surface area contributed by atoms with E-state index in [2.05, 4.69) is 15.3 Å². The lowest BCUT2D eigenvalue weighted by Gasteiger charge is -2.32. The van der Waals surface area contributed by atoms with Crippen molar-refractivity contribution in [3.05, 3.63) is 39.9 Å². The molecular weight excluding hydrogens is 410 g/mol. The molecule has 154 valence electrons. The fraction of sp³-hybridized carbons (Fsp3) is 0.444. The quantitative estimate of drug-likeness (QED) is 0.323. The molecule has 0 aliphatic heterocycles. The number of rotatable bonds is 10. The van der Waals surface area contributed by atoms with Crippen LogP contribution >= 0.6 is 23.2 Å². The molecule has 0 unspecified atom stereocenters. The molecule has 0 atom stereocenters. The maximum Gasteiger partial charge on any atom is 0.287 e. The summed E-state index contributed by atoms with van der Waals surface area (Å²) in [7, 11) is 0. The van der Waals surface area contributed by atoms with Gasteiger partial charge < -0.3 is 25.3 Å². The van der Waals surface area contributed by atoms with E-state index in [0.717, 1.165) is 0 Å². The fourth-order valence-electron chi connectivity index (χ4n) is 2.62. The van der Waals surface area contributed by atoms with E-state index in [0.29, 0.717) is 19.8 Å². The number of nitrogens with two attached hydrogens (primary N) is 1. The summed E-state index contributed by atoms with van der Waals surface area (Å²) in [6.07, 6.45) is 0.0261. The molecule has 28 heavy (non-hydrogen) atoms. The Morgan fingerprint density at radius 2 is 1.54 bits per heavy atom. The topological polar surface area (TPSA) is 91.5 Å². The van der Waals surface area contributed by atoms with Crippen LogP contribution in [0.4, 0.5) is 21.7 Å². The number of hydrogen-bond acceptors (Lipinski definition) is 7. The standard InChI is InChI=1S/C18H23Cl2FN4O3/c1-4-26-18(27-5-2,28-6-3)10-11-7-13(22)14(8-12(11)21)23-17-24-15(19)9-16(20)25-17/h7-9H,4-6,10,22H2,1-3H3,(H,23,24,25). The summed E-state index contributed by atoms with van der Waals surface area (Å²) in [5.74, 6) is -1.80.